The molecule has 2 heterocycles. The van der Waals surface area contributed by atoms with Gasteiger partial charge in [-0.2, -0.15) is 0 Å². The summed E-state index contributed by atoms with van der Waals surface area (Å²) < 4.78 is 22.2. The predicted octanol–water partition coefficient (Wildman–Crippen LogP) is 4.49. The minimum absolute atomic E-state index is 0.143. The number of rotatable bonds is 6. The van der Waals surface area contributed by atoms with E-state index in [-0.39, 0.29) is 18.1 Å². The number of halogens is 1. The van der Waals surface area contributed by atoms with Crippen LogP contribution in [0.25, 0.3) is 16.7 Å². The van der Waals surface area contributed by atoms with Crippen molar-refractivity contribution >= 4 is 28.3 Å². The first-order chi connectivity index (χ1) is 16.9. The standard InChI is InChI=1S/C26H22FN5O3/c1-3-17-9-12-19(13-10-17)35-25-24-30-31(15-23(33)28-18-11-8-16(2)20(27)14-18)26(34)32(24)22-7-5-4-6-21(22)29-25/h4-14H,3,15H2,1-2H3,(H,28,33). The van der Waals surface area contributed by atoms with Gasteiger partial charge in [0.05, 0.1) is 11.0 Å². The summed E-state index contributed by atoms with van der Waals surface area (Å²) in [6.45, 7) is 3.33. The van der Waals surface area contributed by atoms with Crippen molar-refractivity contribution < 1.29 is 13.9 Å². The highest BCUT2D eigenvalue weighted by Crippen LogP contribution is 2.26. The SMILES string of the molecule is CCc1ccc(Oc2nc3ccccc3n3c(=O)n(CC(=O)Nc4ccc(C)c(F)c4)nc23)cc1. The van der Waals surface area contributed by atoms with Gasteiger partial charge in [-0.25, -0.2) is 23.3 Å². The second-order valence-corrected chi connectivity index (χ2v) is 8.12. The highest BCUT2D eigenvalue weighted by molar-refractivity contribution is 5.90. The van der Waals surface area contributed by atoms with Gasteiger partial charge in [0.25, 0.3) is 5.88 Å². The Morgan fingerprint density at radius 3 is 2.60 bits per heavy atom. The average Bonchev–Trinajstić information content (AvgIpc) is 3.18. The molecule has 0 aliphatic carbocycles. The van der Waals surface area contributed by atoms with Crippen LogP contribution in [0.2, 0.25) is 0 Å². The van der Waals surface area contributed by atoms with Crippen LogP contribution in [0.1, 0.15) is 18.1 Å². The lowest BCUT2D eigenvalue weighted by molar-refractivity contribution is -0.117. The number of nitrogens with one attached hydrogen (secondary N) is 1. The molecule has 0 unspecified atom stereocenters. The van der Waals surface area contributed by atoms with Crippen LogP contribution in [0.4, 0.5) is 10.1 Å². The molecule has 9 heteroatoms. The van der Waals surface area contributed by atoms with Crippen LogP contribution in [0.3, 0.4) is 0 Å². The molecule has 3 aromatic carbocycles. The Bertz CT molecular complexity index is 1620. The lowest BCUT2D eigenvalue weighted by Gasteiger charge is -2.08. The number of hydrogen-bond donors (Lipinski definition) is 1. The molecule has 35 heavy (non-hydrogen) atoms. The van der Waals surface area contributed by atoms with E-state index in [1.807, 2.05) is 30.3 Å². The molecule has 1 amide bonds. The number of carbonyl (C=O) groups is 1. The number of aryl methyl sites for hydroxylation is 2. The molecule has 0 saturated heterocycles. The largest absolute Gasteiger partial charge is 0.436 e. The summed E-state index contributed by atoms with van der Waals surface area (Å²) >= 11 is 0. The predicted molar refractivity (Wildman–Crippen MR) is 130 cm³/mol. The Kier molecular flexibility index (Phi) is 5.74. The molecule has 5 rings (SSSR count). The molecule has 1 N–H and O–H groups in total. The van der Waals surface area contributed by atoms with E-state index in [2.05, 4.69) is 22.3 Å². The van der Waals surface area contributed by atoms with Crippen molar-refractivity contribution in [3.63, 3.8) is 0 Å². The van der Waals surface area contributed by atoms with Crippen molar-refractivity contribution in [3.05, 3.63) is 94.2 Å². The van der Waals surface area contributed by atoms with E-state index in [4.69, 9.17) is 4.74 Å². The smallest absolute Gasteiger partial charge is 0.351 e. The minimum Gasteiger partial charge on any atom is -0.436 e. The number of para-hydroxylation sites is 2. The molecule has 5 aromatic rings. The number of ether oxygens (including phenoxy) is 1. The van der Waals surface area contributed by atoms with E-state index in [0.29, 0.717) is 28.0 Å². The number of benzene rings is 3. The molecule has 0 spiro atoms. The van der Waals surface area contributed by atoms with Gasteiger partial charge >= 0.3 is 5.69 Å². The summed E-state index contributed by atoms with van der Waals surface area (Å²) in [4.78, 5) is 30.4. The summed E-state index contributed by atoms with van der Waals surface area (Å²) in [7, 11) is 0. The first-order valence-corrected chi connectivity index (χ1v) is 11.1. The Labute approximate surface area is 199 Å². The fourth-order valence-corrected chi connectivity index (χ4v) is 3.75. The van der Waals surface area contributed by atoms with Crippen molar-refractivity contribution in [2.24, 2.45) is 0 Å². The van der Waals surface area contributed by atoms with E-state index in [1.165, 1.54) is 10.5 Å². The summed E-state index contributed by atoms with van der Waals surface area (Å²) in [6.07, 6.45) is 0.899. The van der Waals surface area contributed by atoms with Crippen LogP contribution in [0.5, 0.6) is 11.6 Å². The molecule has 0 aliphatic heterocycles. The third-order valence-electron chi connectivity index (χ3n) is 5.67. The van der Waals surface area contributed by atoms with Gasteiger partial charge in [0.2, 0.25) is 11.6 Å². The van der Waals surface area contributed by atoms with E-state index in [9.17, 15) is 14.0 Å². The molecular formula is C26H22FN5O3. The van der Waals surface area contributed by atoms with Crippen LogP contribution < -0.4 is 15.7 Å². The molecule has 176 valence electrons. The maximum absolute atomic E-state index is 13.8. The fourth-order valence-electron chi connectivity index (χ4n) is 3.75. The molecule has 2 aromatic heterocycles. The monoisotopic (exact) mass is 471 g/mol. The van der Waals surface area contributed by atoms with Crippen molar-refractivity contribution in [1.29, 1.82) is 0 Å². The van der Waals surface area contributed by atoms with Gasteiger partial charge in [-0.05, 0) is 60.9 Å². The molecule has 0 aliphatic rings. The highest BCUT2D eigenvalue weighted by atomic mass is 19.1. The average molecular weight is 471 g/mol. The first kappa shape index (κ1) is 22.3. The van der Waals surface area contributed by atoms with Gasteiger partial charge in [-0.15, -0.1) is 5.10 Å². The summed E-state index contributed by atoms with van der Waals surface area (Å²) in [5.41, 5.74) is 2.67. The molecule has 0 fully saturated rings. The number of amides is 1. The van der Waals surface area contributed by atoms with E-state index in [0.717, 1.165) is 16.7 Å². The zero-order valence-corrected chi connectivity index (χ0v) is 19.2. The van der Waals surface area contributed by atoms with E-state index >= 15 is 0 Å². The number of hydrogen-bond acceptors (Lipinski definition) is 5. The van der Waals surface area contributed by atoms with Crippen LogP contribution in [-0.4, -0.2) is 25.1 Å². The zero-order valence-electron chi connectivity index (χ0n) is 19.2. The Balaban J connectivity index is 1.53. The quantitative estimate of drug-likeness (QED) is 0.394. The zero-order chi connectivity index (χ0) is 24.5. The molecule has 0 saturated carbocycles. The second-order valence-electron chi connectivity index (χ2n) is 8.12. The van der Waals surface area contributed by atoms with E-state index < -0.39 is 17.4 Å². The topological polar surface area (TPSA) is 90.5 Å². The molecule has 8 nitrogen and oxygen atoms in total. The number of nitrogens with zero attached hydrogens (tertiary/aromatic N) is 4. The Hall–Kier alpha value is -4.53. The van der Waals surface area contributed by atoms with Crippen molar-refractivity contribution in [2.75, 3.05) is 5.32 Å². The third kappa shape index (κ3) is 4.35. The lowest BCUT2D eigenvalue weighted by atomic mass is 10.2. The maximum atomic E-state index is 13.8. The van der Waals surface area contributed by atoms with Crippen LogP contribution in [0, 0.1) is 12.7 Å². The second kappa shape index (κ2) is 9.02. The normalized spacial score (nSPS) is 11.2. The van der Waals surface area contributed by atoms with Gasteiger partial charge < -0.3 is 10.1 Å². The van der Waals surface area contributed by atoms with Gasteiger partial charge in [-0.1, -0.05) is 37.3 Å². The van der Waals surface area contributed by atoms with Crippen LogP contribution >= 0.6 is 0 Å². The highest BCUT2D eigenvalue weighted by Gasteiger charge is 2.19. The van der Waals surface area contributed by atoms with Crippen molar-refractivity contribution in [2.45, 2.75) is 26.8 Å². The molecule has 0 atom stereocenters. The lowest BCUT2D eigenvalue weighted by Crippen LogP contribution is -2.28. The van der Waals surface area contributed by atoms with Crippen LogP contribution in [0.15, 0.2) is 71.5 Å². The number of fused-ring (bicyclic) bond motifs is 3. The fraction of sp³-hybridized carbons (Fsp3) is 0.154. The van der Waals surface area contributed by atoms with Crippen molar-refractivity contribution in [3.8, 4) is 11.6 Å². The number of aromatic nitrogens is 4. The van der Waals surface area contributed by atoms with Gasteiger partial charge in [0, 0.05) is 5.69 Å². The third-order valence-corrected chi connectivity index (χ3v) is 5.67. The van der Waals surface area contributed by atoms with Gasteiger partial charge in [0.15, 0.2) is 0 Å². The first-order valence-electron chi connectivity index (χ1n) is 11.1. The van der Waals surface area contributed by atoms with Crippen molar-refractivity contribution in [1.82, 2.24) is 19.2 Å². The minimum atomic E-state index is -0.520. The Morgan fingerprint density at radius 2 is 1.86 bits per heavy atom. The molecular weight excluding hydrogens is 449 g/mol. The summed E-state index contributed by atoms with van der Waals surface area (Å²) in [5, 5.41) is 6.95. The van der Waals surface area contributed by atoms with Gasteiger partial charge in [-0.3, -0.25) is 4.79 Å². The summed E-state index contributed by atoms with van der Waals surface area (Å²) in [5.74, 6) is -0.259. The summed E-state index contributed by atoms with van der Waals surface area (Å²) in [6, 6.07) is 19.1. The van der Waals surface area contributed by atoms with E-state index in [1.54, 1.807) is 37.3 Å². The molecule has 0 radical (unpaired) electrons. The van der Waals surface area contributed by atoms with Crippen LogP contribution in [-0.2, 0) is 17.8 Å². The Morgan fingerprint density at radius 1 is 1.09 bits per heavy atom. The number of anilines is 1. The van der Waals surface area contributed by atoms with Gasteiger partial charge in [0.1, 0.15) is 18.1 Å². The number of carbonyl (C=O) groups excluding carboxylic acids is 1. The molecule has 0 bridgehead atoms. The maximum Gasteiger partial charge on any atom is 0.351 e.